The highest BCUT2D eigenvalue weighted by Gasteiger charge is 2.19. The molecule has 1 fully saturated rings. The molecule has 0 aliphatic heterocycles. The monoisotopic (exact) mass is 274 g/mol. The van der Waals surface area contributed by atoms with Gasteiger partial charge in [0.2, 0.25) is 0 Å². The predicted molar refractivity (Wildman–Crippen MR) is 77.1 cm³/mol. The number of ether oxygens (including phenoxy) is 1. The Labute approximate surface area is 120 Å². The summed E-state index contributed by atoms with van der Waals surface area (Å²) in [4.78, 5) is 23.5. The number of hydrogen-bond donors (Lipinski definition) is 0. The van der Waals surface area contributed by atoms with E-state index in [2.05, 4.69) is 0 Å². The first-order chi connectivity index (χ1) is 9.74. The first kappa shape index (κ1) is 14.8. The van der Waals surface area contributed by atoms with Crippen molar-refractivity contribution in [1.82, 2.24) is 0 Å². The van der Waals surface area contributed by atoms with E-state index in [9.17, 15) is 9.59 Å². The molecular formula is C17H22O3. The maximum Gasteiger partial charge on any atom is 0.313 e. The molecule has 0 radical (unpaired) electrons. The average molecular weight is 274 g/mol. The second-order valence-corrected chi connectivity index (χ2v) is 5.57. The van der Waals surface area contributed by atoms with Crippen LogP contribution < -0.4 is 0 Å². The minimum Gasteiger partial charge on any atom is -0.460 e. The molecule has 0 atom stereocenters. The zero-order chi connectivity index (χ0) is 14.2. The third-order valence-corrected chi connectivity index (χ3v) is 3.83. The van der Waals surface area contributed by atoms with Crippen LogP contribution in [-0.2, 0) is 20.9 Å². The predicted octanol–water partition coefficient (Wildman–Crippen LogP) is 3.66. The van der Waals surface area contributed by atoms with Crippen LogP contribution in [0.5, 0.6) is 0 Å². The summed E-state index contributed by atoms with van der Waals surface area (Å²) in [5, 5.41) is 0. The van der Waals surface area contributed by atoms with Gasteiger partial charge in [0, 0.05) is 6.42 Å². The minimum absolute atomic E-state index is 0.0231. The van der Waals surface area contributed by atoms with Gasteiger partial charge in [0.1, 0.15) is 18.8 Å². The van der Waals surface area contributed by atoms with Gasteiger partial charge in [0.25, 0.3) is 0 Å². The molecule has 1 aliphatic carbocycles. The molecular weight excluding hydrogens is 252 g/mol. The summed E-state index contributed by atoms with van der Waals surface area (Å²) in [6, 6.07) is 9.52. The smallest absolute Gasteiger partial charge is 0.313 e. The molecule has 3 nitrogen and oxygen atoms in total. The highest BCUT2D eigenvalue weighted by atomic mass is 16.5. The molecule has 0 unspecified atom stereocenters. The molecule has 108 valence electrons. The standard InChI is InChI=1S/C17H22O3/c18-16(11-14-7-3-1-4-8-14)12-17(19)20-13-15-9-5-2-6-10-15/h2,5-6,9-10,14H,1,3-4,7-8,11-13H2. The second kappa shape index (κ2) is 7.83. The number of rotatable bonds is 6. The molecule has 2 rings (SSSR count). The van der Waals surface area contributed by atoms with Crippen molar-refractivity contribution in [2.24, 2.45) is 5.92 Å². The Balaban J connectivity index is 1.67. The van der Waals surface area contributed by atoms with E-state index in [1.54, 1.807) is 0 Å². The van der Waals surface area contributed by atoms with E-state index in [1.807, 2.05) is 30.3 Å². The van der Waals surface area contributed by atoms with E-state index in [-0.39, 0.29) is 18.8 Å². The number of ketones is 1. The van der Waals surface area contributed by atoms with Gasteiger partial charge in [-0.25, -0.2) is 0 Å². The van der Waals surface area contributed by atoms with Crippen molar-refractivity contribution in [1.29, 1.82) is 0 Å². The minimum atomic E-state index is -0.408. The summed E-state index contributed by atoms with van der Waals surface area (Å²) < 4.78 is 5.13. The lowest BCUT2D eigenvalue weighted by atomic mass is 9.85. The topological polar surface area (TPSA) is 43.4 Å². The highest BCUT2D eigenvalue weighted by molar-refractivity contribution is 5.95. The molecule has 1 aromatic rings. The molecule has 0 bridgehead atoms. The van der Waals surface area contributed by atoms with Crippen molar-refractivity contribution < 1.29 is 14.3 Å². The number of esters is 1. The van der Waals surface area contributed by atoms with Gasteiger partial charge in [-0.3, -0.25) is 9.59 Å². The van der Waals surface area contributed by atoms with Crippen molar-refractivity contribution in [3.8, 4) is 0 Å². The number of hydrogen-bond acceptors (Lipinski definition) is 3. The molecule has 0 spiro atoms. The van der Waals surface area contributed by atoms with E-state index in [0.29, 0.717) is 12.3 Å². The fourth-order valence-corrected chi connectivity index (χ4v) is 2.74. The quantitative estimate of drug-likeness (QED) is 0.587. The maximum absolute atomic E-state index is 11.8. The fraction of sp³-hybridized carbons (Fsp3) is 0.529. The SMILES string of the molecule is O=C(CC(=O)OCc1ccccc1)CC1CCCCC1. The van der Waals surface area contributed by atoms with E-state index in [4.69, 9.17) is 4.74 Å². The Bertz CT molecular complexity index is 433. The molecule has 0 amide bonds. The molecule has 0 N–H and O–H groups in total. The number of benzene rings is 1. The Morgan fingerprint density at radius 1 is 1.05 bits per heavy atom. The van der Waals surface area contributed by atoms with Crippen LogP contribution in [0.4, 0.5) is 0 Å². The van der Waals surface area contributed by atoms with Crippen LogP contribution in [0.1, 0.15) is 50.5 Å². The molecule has 0 aromatic heterocycles. The highest BCUT2D eigenvalue weighted by Crippen LogP contribution is 2.26. The first-order valence-corrected chi connectivity index (χ1v) is 7.45. The van der Waals surface area contributed by atoms with E-state index in [0.717, 1.165) is 18.4 Å². The van der Waals surface area contributed by atoms with E-state index >= 15 is 0 Å². The lowest BCUT2D eigenvalue weighted by Gasteiger charge is -2.20. The molecule has 1 aromatic carbocycles. The van der Waals surface area contributed by atoms with Crippen LogP contribution in [0.2, 0.25) is 0 Å². The van der Waals surface area contributed by atoms with Crippen LogP contribution >= 0.6 is 0 Å². The van der Waals surface area contributed by atoms with Gasteiger partial charge in [0.05, 0.1) is 0 Å². The van der Waals surface area contributed by atoms with Crippen LogP contribution in [0, 0.1) is 5.92 Å². The summed E-state index contributed by atoms with van der Waals surface area (Å²) >= 11 is 0. The Morgan fingerprint density at radius 2 is 1.75 bits per heavy atom. The summed E-state index contributed by atoms with van der Waals surface area (Å²) in [7, 11) is 0. The van der Waals surface area contributed by atoms with E-state index in [1.165, 1.54) is 19.3 Å². The number of Topliss-reactive ketones (excluding diaryl/α,β-unsaturated/α-hetero) is 1. The van der Waals surface area contributed by atoms with Gasteiger partial charge in [-0.2, -0.15) is 0 Å². The van der Waals surface area contributed by atoms with Gasteiger partial charge in [-0.1, -0.05) is 62.4 Å². The molecule has 1 aliphatic rings. The van der Waals surface area contributed by atoms with Gasteiger partial charge >= 0.3 is 5.97 Å². The lowest BCUT2D eigenvalue weighted by molar-refractivity contribution is -0.147. The first-order valence-electron chi connectivity index (χ1n) is 7.45. The number of carbonyl (C=O) groups is 2. The van der Waals surface area contributed by atoms with Crippen LogP contribution in [0.25, 0.3) is 0 Å². The van der Waals surface area contributed by atoms with Gasteiger partial charge in [-0.15, -0.1) is 0 Å². The average Bonchev–Trinajstić information content (AvgIpc) is 2.47. The summed E-state index contributed by atoms with van der Waals surface area (Å²) in [5.41, 5.74) is 0.945. The van der Waals surface area contributed by atoms with Crippen molar-refractivity contribution in [3.63, 3.8) is 0 Å². The third kappa shape index (κ3) is 5.16. The maximum atomic E-state index is 11.8. The van der Waals surface area contributed by atoms with Crippen LogP contribution in [0.3, 0.4) is 0 Å². The Morgan fingerprint density at radius 3 is 2.45 bits per heavy atom. The zero-order valence-electron chi connectivity index (χ0n) is 11.8. The fourth-order valence-electron chi connectivity index (χ4n) is 2.74. The Hall–Kier alpha value is -1.64. The molecule has 0 heterocycles. The summed E-state index contributed by atoms with van der Waals surface area (Å²) in [6.07, 6.45) is 6.44. The van der Waals surface area contributed by atoms with Gasteiger partial charge < -0.3 is 4.74 Å². The normalized spacial score (nSPS) is 15.8. The van der Waals surface area contributed by atoms with Crippen molar-refractivity contribution in [2.45, 2.75) is 51.6 Å². The zero-order valence-corrected chi connectivity index (χ0v) is 11.8. The molecule has 1 saturated carbocycles. The van der Waals surface area contributed by atoms with Crippen LogP contribution in [-0.4, -0.2) is 11.8 Å². The molecule has 0 saturated heterocycles. The largest absolute Gasteiger partial charge is 0.460 e. The third-order valence-electron chi connectivity index (χ3n) is 3.83. The summed E-state index contributed by atoms with van der Waals surface area (Å²) in [5.74, 6) is 0.0998. The van der Waals surface area contributed by atoms with Crippen LogP contribution in [0.15, 0.2) is 30.3 Å². The Kier molecular flexibility index (Phi) is 5.78. The summed E-state index contributed by atoms with van der Waals surface area (Å²) in [6.45, 7) is 0.246. The second-order valence-electron chi connectivity index (χ2n) is 5.57. The van der Waals surface area contributed by atoms with Crippen molar-refractivity contribution >= 4 is 11.8 Å². The van der Waals surface area contributed by atoms with Crippen molar-refractivity contribution in [3.05, 3.63) is 35.9 Å². The molecule has 3 heteroatoms. The van der Waals surface area contributed by atoms with Gasteiger partial charge in [0.15, 0.2) is 0 Å². The van der Waals surface area contributed by atoms with Crippen molar-refractivity contribution in [2.75, 3.05) is 0 Å². The number of carbonyl (C=O) groups excluding carboxylic acids is 2. The van der Waals surface area contributed by atoms with E-state index < -0.39 is 5.97 Å². The molecule has 20 heavy (non-hydrogen) atoms. The van der Waals surface area contributed by atoms with Gasteiger partial charge in [-0.05, 0) is 11.5 Å². The lowest BCUT2D eigenvalue weighted by Crippen LogP contribution is -2.16.